The summed E-state index contributed by atoms with van der Waals surface area (Å²) in [6, 6.07) is 29.9. The van der Waals surface area contributed by atoms with Crippen LogP contribution in [0.15, 0.2) is 118 Å². The molecule has 0 bridgehead atoms. The number of aromatic nitrogens is 6. The van der Waals surface area contributed by atoms with Gasteiger partial charge in [0.15, 0.2) is 0 Å². The van der Waals surface area contributed by atoms with E-state index in [1.807, 2.05) is 35.7 Å². The van der Waals surface area contributed by atoms with Gasteiger partial charge >= 0.3 is 0 Å². The quantitative estimate of drug-likeness (QED) is 0.0708. The first-order valence-corrected chi connectivity index (χ1v) is 24.3. The number of anilines is 6. The van der Waals surface area contributed by atoms with Crippen LogP contribution in [0, 0.1) is 0 Å². The van der Waals surface area contributed by atoms with E-state index in [1.54, 1.807) is 58.5 Å². The second-order valence-electron chi connectivity index (χ2n) is 14.5. The number of nitrogens with two attached hydrogens (primary N) is 3. The summed E-state index contributed by atoms with van der Waals surface area (Å²) in [5, 5.41) is 10.6. The Kier molecular flexibility index (Phi) is 17.2. The molecule has 338 valence electrons. The Hall–Kier alpha value is -5.53. The van der Waals surface area contributed by atoms with Crippen LogP contribution in [-0.4, -0.2) is 49.2 Å². The minimum atomic E-state index is -0.00808. The lowest BCUT2D eigenvalue weighted by molar-refractivity contribution is 0.115. The topological polar surface area (TPSA) is 196 Å². The maximum atomic E-state index is 6.01. The Morgan fingerprint density at radius 1 is 0.692 bits per heavy atom. The normalized spacial score (nSPS) is 13.6. The van der Waals surface area contributed by atoms with E-state index in [0.717, 1.165) is 56.1 Å². The number of thiophene rings is 3. The summed E-state index contributed by atoms with van der Waals surface area (Å²) >= 11 is 23.1. The number of nitrogens with one attached hydrogen (secondary N) is 1. The van der Waals surface area contributed by atoms with Crippen molar-refractivity contribution in [3.8, 4) is 0 Å². The first-order chi connectivity index (χ1) is 31.6. The summed E-state index contributed by atoms with van der Waals surface area (Å²) in [6.07, 6.45) is 5.11. The number of nitrogen functional groups attached to an aromatic ring is 3. The van der Waals surface area contributed by atoms with Crippen LogP contribution in [-0.2, 0) is 30.8 Å². The second-order valence-corrected chi connectivity index (χ2v) is 18.8. The number of hydrogen-bond acceptors (Lipinski definition) is 17. The van der Waals surface area contributed by atoms with Crippen molar-refractivity contribution in [3.63, 3.8) is 0 Å². The molecular formula is C45H47Cl3N12O2S3. The number of rotatable bonds is 15. The molecule has 65 heavy (non-hydrogen) atoms. The van der Waals surface area contributed by atoms with Crippen molar-refractivity contribution in [2.45, 2.75) is 58.0 Å². The predicted molar refractivity (Wildman–Crippen MR) is 267 cm³/mol. The molecule has 1 saturated heterocycles. The zero-order valence-corrected chi connectivity index (χ0v) is 40.0. The van der Waals surface area contributed by atoms with Gasteiger partial charge in [0.1, 0.15) is 38.7 Å². The van der Waals surface area contributed by atoms with Gasteiger partial charge < -0.3 is 41.5 Å². The van der Waals surface area contributed by atoms with Gasteiger partial charge in [-0.15, -0.1) is 34.0 Å². The Morgan fingerprint density at radius 3 is 1.82 bits per heavy atom. The Labute approximate surface area is 404 Å². The van der Waals surface area contributed by atoms with Crippen molar-refractivity contribution in [3.05, 3.63) is 160 Å². The zero-order valence-electron chi connectivity index (χ0n) is 35.3. The van der Waals surface area contributed by atoms with Crippen LogP contribution < -0.4 is 32.3 Å². The van der Waals surface area contributed by atoms with Crippen molar-refractivity contribution in [2.24, 2.45) is 0 Å². The predicted octanol–water partition coefficient (Wildman–Crippen LogP) is 11.1. The fraction of sp³-hybridized carbons (Fsp3) is 0.244. The lowest BCUT2D eigenvalue weighted by atomic mass is 10.0. The monoisotopic (exact) mass is 988 g/mol. The van der Waals surface area contributed by atoms with Crippen LogP contribution in [0.1, 0.15) is 57.3 Å². The summed E-state index contributed by atoms with van der Waals surface area (Å²) in [7, 11) is 0. The third-order valence-corrected chi connectivity index (χ3v) is 13.1. The van der Waals surface area contributed by atoms with E-state index < -0.39 is 0 Å². The van der Waals surface area contributed by atoms with Gasteiger partial charge in [0.2, 0.25) is 17.8 Å². The zero-order chi connectivity index (χ0) is 45.5. The molecule has 0 saturated carbocycles. The number of ether oxygens (including phenoxy) is 1. The van der Waals surface area contributed by atoms with Crippen LogP contribution in [0.4, 0.5) is 35.3 Å². The first-order valence-electron chi connectivity index (χ1n) is 20.5. The molecule has 0 radical (unpaired) electrons. The van der Waals surface area contributed by atoms with Crippen molar-refractivity contribution < 1.29 is 9.15 Å². The Bertz CT molecular complexity index is 2540. The average molecular weight is 991 g/mol. The van der Waals surface area contributed by atoms with E-state index in [-0.39, 0.29) is 30.0 Å². The number of benzene rings is 1. The van der Waals surface area contributed by atoms with Gasteiger partial charge in [0.05, 0.1) is 38.0 Å². The number of hydrogen-bond donors (Lipinski definition) is 4. The van der Waals surface area contributed by atoms with Gasteiger partial charge in [-0.2, -0.15) is 15.0 Å². The number of halogens is 3. The van der Waals surface area contributed by atoms with Crippen LogP contribution in [0.2, 0.25) is 15.5 Å². The molecule has 0 aliphatic carbocycles. The van der Waals surface area contributed by atoms with Gasteiger partial charge in [-0.05, 0) is 76.9 Å². The molecule has 14 nitrogen and oxygen atoms in total. The summed E-state index contributed by atoms with van der Waals surface area (Å²) < 4.78 is 11.2. The minimum absolute atomic E-state index is 0.00808. The van der Waals surface area contributed by atoms with E-state index in [1.165, 1.54) is 20.2 Å². The van der Waals surface area contributed by atoms with Crippen LogP contribution in [0.3, 0.4) is 0 Å². The van der Waals surface area contributed by atoms with Crippen molar-refractivity contribution in [1.29, 1.82) is 0 Å². The standard InChI is InChI=1S/C17H17ClN4S.C14H17ClN4OS.C14H13ClN4OS/c1-2-11-5-7-12(8-6-11)16(13-4-3-9-23-13)21-15-10-14(18)20-17(19)22-15;2*15-12-7-13(18-14(16)17-12)19(8-10-3-1-5-20-10)9-11-4-2-6-21-11/h3-10,16H,2H2,1H3,(H3,19,20,21,22);2,4,6-7,10H,1,3,5,8-9H2,(H2,16,17,18);1-7H,8-9H2,(H2,16,17,18). The molecule has 8 heterocycles. The van der Waals surface area contributed by atoms with Gasteiger partial charge in [0, 0.05) is 46.0 Å². The lowest BCUT2D eigenvalue weighted by Gasteiger charge is -2.26. The first kappa shape index (κ1) is 47.4. The van der Waals surface area contributed by atoms with Gasteiger partial charge in [0.25, 0.3) is 0 Å². The highest BCUT2D eigenvalue weighted by Crippen LogP contribution is 2.31. The summed E-state index contributed by atoms with van der Waals surface area (Å²) in [6.45, 7) is 5.82. The maximum Gasteiger partial charge on any atom is 0.223 e. The van der Waals surface area contributed by atoms with Gasteiger partial charge in [-0.25, -0.2) is 15.0 Å². The third-order valence-electron chi connectivity index (χ3n) is 9.83. The molecular weight excluding hydrogens is 943 g/mol. The average Bonchev–Trinajstić information content (AvgIpc) is 4.14. The maximum absolute atomic E-state index is 6.01. The SMILES string of the molecule is CCc1ccc(C(Nc2cc(Cl)nc(N)n2)c2cccs2)cc1.Nc1nc(Cl)cc(N(Cc2ccco2)Cc2cccs2)n1.Nc1nc(Cl)cc(N(Cc2cccs2)CC2CCCO2)n1. The smallest absolute Gasteiger partial charge is 0.223 e. The number of aryl methyl sites for hydroxylation is 1. The van der Waals surface area contributed by atoms with E-state index in [0.29, 0.717) is 40.2 Å². The van der Waals surface area contributed by atoms with E-state index in [9.17, 15) is 0 Å². The highest BCUT2D eigenvalue weighted by molar-refractivity contribution is 7.10. The molecule has 8 aromatic rings. The fourth-order valence-corrected chi connectivity index (χ4v) is 9.61. The molecule has 0 spiro atoms. The molecule has 7 N–H and O–H groups in total. The molecule has 1 aliphatic rings. The van der Waals surface area contributed by atoms with Crippen LogP contribution >= 0.6 is 68.8 Å². The number of nitrogens with zero attached hydrogens (tertiary/aromatic N) is 8. The van der Waals surface area contributed by atoms with E-state index >= 15 is 0 Å². The Morgan fingerprint density at radius 2 is 1.29 bits per heavy atom. The van der Waals surface area contributed by atoms with Gasteiger partial charge in [-0.3, -0.25) is 0 Å². The molecule has 0 amide bonds. The molecule has 2 atom stereocenters. The largest absolute Gasteiger partial charge is 0.467 e. The van der Waals surface area contributed by atoms with Crippen LogP contribution in [0.5, 0.6) is 0 Å². The number of furan rings is 1. The molecule has 2 unspecified atom stereocenters. The lowest BCUT2D eigenvalue weighted by Crippen LogP contribution is -2.32. The third kappa shape index (κ3) is 14.5. The molecule has 1 aromatic carbocycles. The molecule has 1 aliphatic heterocycles. The van der Waals surface area contributed by atoms with Gasteiger partial charge in [-0.1, -0.05) is 84.2 Å². The second kappa shape index (κ2) is 23.6. The Balaban J connectivity index is 0.000000146. The highest BCUT2D eigenvalue weighted by Gasteiger charge is 2.22. The van der Waals surface area contributed by atoms with Crippen molar-refractivity contribution in [2.75, 3.05) is 45.5 Å². The van der Waals surface area contributed by atoms with Crippen molar-refractivity contribution >= 4 is 104 Å². The highest BCUT2D eigenvalue weighted by atomic mass is 35.5. The minimum Gasteiger partial charge on any atom is -0.467 e. The summed E-state index contributed by atoms with van der Waals surface area (Å²) in [5.74, 6) is 3.40. The molecule has 7 aromatic heterocycles. The molecule has 20 heteroatoms. The van der Waals surface area contributed by atoms with Crippen molar-refractivity contribution in [1.82, 2.24) is 29.9 Å². The van der Waals surface area contributed by atoms with E-state index in [4.69, 9.17) is 61.2 Å². The van der Waals surface area contributed by atoms with E-state index in [2.05, 4.69) is 105 Å². The molecule has 1 fully saturated rings. The fourth-order valence-electron chi connectivity index (χ4n) is 6.81. The van der Waals surface area contributed by atoms with Crippen LogP contribution in [0.25, 0.3) is 0 Å². The summed E-state index contributed by atoms with van der Waals surface area (Å²) in [5.41, 5.74) is 19.6. The summed E-state index contributed by atoms with van der Waals surface area (Å²) in [4.78, 5) is 32.4. The molecule has 9 rings (SSSR count).